The minimum absolute atomic E-state index is 0.556. The van der Waals surface area contributed by atoms with Crippen molar-refractivity contribution in [2.24, 2.45) is 0 Å². The minimum atomic E-state index is 0.556. The molecule has 2 rings (SSSR count). The molecule has 0 spiro atoms. The van der Waals surface area contributed by atoms with Gasteiger partial charge in [0.25, 0.3) is 0 Å². The predicted molar refractivity (Wildman–Crippen MR) is 74.8 cm³/mol. The first-order valence-corrected chi connectivity index (χ1v) is 7.24. The highest BCUT2D eigenvalue weighted by atomic mass is 32.2. The summed E-state index contributed by atoms with van der Waals surface area (Å²) in [5, 5.41) is 7.30. The summed E-state index contributed by atoms with van der Waals surface area (Å²) in [6.07, 6.45) is 7.32. The molecule has 1 aromatic rings. The van der Waals surface area contributed by atoms with Crippen molar-refractivity contribution in [3.05, 3.63) is 12.4 Å². The van der Waals surface area contributed by atoms with E-state index in [1.165, 1.54) is 25.0 Å². The summed E-state index contributed by atoms with van der Waals surface area (Å²) in [5.74, 6) is 2.91. The van der Waals surface area contributed by atoms with Crippen molar-refractivity contribution in [2.75, 3.05) is 23.4 Å². The maximum atomic E-state index is 4.43. The second kappa shape index (κ2) is 6.10. The fraction of sp³-hybridized carbons (Fsp3) is 0.667. The molecule has 0 radical (unpaired) electrons. The zero-order chi connectivity index (χ0) is 12.1. The first-order valence-electron chi connectivity index (χ1n) is 6.19. The highest BCUT2D eigenvalue weighted by Gasteiger charge is 2.24. The Balaban J connectivity index is 1.88. The zero-order valence-electron chi connectivity index (χ0n) is 10.4. The molecular weight excluding hydrogens is 232 g/mol. The van der Waals surface area contributed by atoms with Crippen molar-refractivity contribution < 1.29 is 0 Å². The smallest absolute Gasteiger partial charge is 0.147 e. The first-order chi connectivity index (χ1) is 8.31. The van der Waals surface area contributed by atoms with Crippen LogP contribution in [0.1, 0.15) is 26.2 Å². The molecule has 1 heterocycles. The summed E-state index contributed by atoms with van der Waals surface area (Å²) in [6, 6.07) is 0.556. The van der Waals surface area contributed by atoms with Crippen LogP contribution in [0, 0.1) is 0 Å². The molecule has 17 heavy (non-hydrogen) atoms. The third-order valence-corrected chi connectivity index (χ3v) is 4.26. The molecule has 1 aliphatic rings. The Morgan fingerprint density at radius 2 is 2.18 bits per heavy atom. The van der Waals surface area contributed by atoms with Crippen molar-refractivity contribution in [1.29, 1.82) is 0 Å². The van der Waals surface area contributed by atoms with E-state index in [-0.39, 0.29) is 0 Å². The molecule has 1 fully saturated rings. The molecule has 1 aromatic heterocycles. The van der Waals surface area contributed by atoms with Crippen molar-refractivity contribution in [3.63, 3.8) is 0 Å². The van der Waals surface area contributed by atoms with Gasteiger partial charge in [-0.2, -0.15) is 11.8 Å². The Labute approximate surface area is 107 Å². The summed E-state index contributed by atoms with van der Waals surface area (Å²) >= 11 is 2.07. The SMILES string of the molecule is CCSC1CCC(Nc2cncc(NC)n2)C1. The Hall–Kier alpha value is -0.970. The summed E-state index contributed by atoms with van der Waals surface area (Å²) in [7, 11) is 1.86. The van der Waals surface area contributed by atoms with E-state index in [2.05, 4.69) is 39.3 Å². The van der Waals surface area contributed by atoms with Crippen molar-refractivity contribution in [2.45, 2.75) is 37.5 Å². The number of nitrogens with one attached hydrogen (secondary N) is 2. The number of hydrogen-bond donors (Lipinski definition) is 2. The van der Waals surface area contributed by atoms with E-state index in [4.69, 9.17) is 0 Å². The lowest BCUT2D eigenvalue weighted by atomic mass is 10.2. The van der Waals surface area contributed by atoms with E-state index in [0.29, 0.717) is 6.04 Å². The molecular formula is C12H20N4S. The van der Waals surface area contributed by atoms with Gasteiger partial charge in [0.05, 0.1) is 12.4 Å². The molecule has 2 unspecified atom stereocenters. The van der Waals surface area contributed by atoms with E-state index in [0.717, 1.165) is 16.9 Å². The van der Waals surface area contributed by atoms with Gasteiger partial charge in [-0.05, 0) is 25.0 Å². The molecule has 4 nitrogen and oxygen atoms in total. The van der Waals surface area contributed by atoms with E-state index in [9.17, 15) is 0 Å². The molecule has 5 heteroatoms. The van der Waals surface area contributed by atoms with Crippen LogP contribution in [-0.2, 0) is 0 Å². The van der Waals surface area contributed by atoms with Crippen molar-refractivity contribution >= 4 is 23.4 Å². The van der Waals surface area contributed by atoms with Crippen LogP contribution in [0.15, 0.2) is 12.4 Å². The van der Waals surface area contributed by atoms with E-state index >= 15 is 0 Å². The third kappa shape index (κ3) is 3.49. The van der Waals surface area contributed by atoms with Crippen LogP contribution in [0.25, 0.3) is 0 Å². The zero-order valence-corrected chi connectivity index (χ0v) is 11.3. The van der Waals surface area contributed by atoms with Crippen molar-refractivity contribution in [3.8, 4) is 0 Å². The fourth-order valence-electron chi connectivity index (χ4n) is 2.22. The maximum Gasteiger partial charge on any atom is 0.147 e. The normalized spacial score (nSPS) is 23.6. The van der Waals surface area contributed by atoms with Crippen LogP contribution < -0.4 is 10.6 Å². The summed E-state index contributed by atoms with van der Waals surface area (Å²) in [6.45, 7) is 2.23. The number of aromatic nitrogens is 2. The van der Waals surface area contributed by atoms with Gasteiger partial charge >= 0.3 is 0 Å². The van der Waals surface area contributed by atoms with Gasteiger partial charge in [-0.3, -0.25) is 4.98 Å². The van der Waals surface area contributed by atoms with E-state index in [1.807, 2.05) is 7.05 Å². The lowest BCUT2D eigenvalue weighted by Crippen LogP contribution is -2.17. The monoisotopic (exact) mass is 252 g/mol. The van der Waals surface area contributed by atoms with Gasteiger partial charge < -0.3 is 10.6 Å². The molecule has 0 amide bonds. The van der Waals surface area contributed by atoms with Crippen LogP contribution in [0.4, 0.5) is 11.6 Å². The number of thioether (sulfide) groups is 1. The van der Waals surface area contributed by atoms with Crippen LogP contribution in [-0.4, -0.2) is 34.1 Å². The number of nitrogens with zero attached hydrogens (tertiary/aromatic N) is 2. The second-order valence-corrected chi connectivity index (χ2v) is 5.85. The van der Waals surface area contributed by atoms with Crippen molar-refractivity contribution in [1.82, 2.24) is 9.97 Å². The molecule has 0 saturated heterocycles. The van der Waals surface area contributed by atoms with Crippen LogP contribution in [0.3, 0.4) is 0 Å². The van der Waals surface area contributed by atoms with E-state index in [1.54, 1.807) is 12.4 Å². The Bertz CT molecular complexity index is 358. The maximum absolute atomic E-state index is 4.43. The van der Waals surface area contributed by atoms with Gasteiger partial charge in [-0.1, -0.05) is 6.92 Å². The average Bonchev–Trinajstić information content (AvgIpc) is 2.77. The Morgan fingerprint density at radius 3 is 2.94 bits per heavy atom. The predicted octanol–water partition coefficient (Wildman–Crippen LogP) is 2.60. The number of rotatable bonds is 5. The van der Waals surface area contributed by atoms with Gasteiger partial charge in [0.15, 0.2) is 0 Å². The standard InChI is InChI=1S/C12H20N4S/c1-3-17-10-5-4-9(6-10)15-12-8-14-7-11(13-2)16-12/h7-10H,3-6H2,1-2H3,(H2,13,15,16). The fourth-order valence-corrected chi connectivity index (χ4v) is 3.37. The highest BCUT2D eigenvalue weighted by molar-refractivity contribution is 7.99. The average molecular weight is 252 g/mol. The van der Waals surface area contributed by atoms with Crippen LogP contribution >= 0.6 is 11.8 Å². The highest BCUT2D eigenvalue weighted by Crippen LogP contribution is 2.31. The molecule has 94 valence electrons. The topological polar surface area (TPSA) is 49.8 Å². The van der Waals surface area contributed by atoms with Gasteiger partial charge in [0.2, 0.25) is 0 Å². The lowest BCUT2D eigenvalue weighted by molar-refractivity contribution is 0.751. The second-order valence-electron chi connectivity index (χ2n) is 4.27. The van der Waals surface area contributed by atoms with E-state index < -0.39 is 0 Å². The summed E-state index contributed by atoms with van der Waals surface area (Å²) in [4.78, 5) is 8.59. The molecule has 2 N–H and O–H groups in total. The molecule has 1 saturated carbocycles. The first kappa shape index (κ1) is 12.5. The summed E-state index contributed by atoms with van der Waals surface area (Å²) < 4.78 is 0. The molecule has 2 atom stereocenters. The lowest BCUT2D eigenvalue weighted by Gasteiger charge is -2.13. The van der Waals surface area contributed by atoms with Gasteiger partial charge in [0.1, 0.15) is 11.6 Å². The van der Waals surface area contributed by atoms with Crippen LogP contribution in [0.5, 0.6) is 0 Å². The third-order valence-electron chi connectivity index (χ3n) is 3.03. The van der Waals surface area contributed by atoms with Gasteiger partial charge in [0, 0.05) is 18.3 Å². The molecule has 0 aliphatic heterocycles. The number of anilines is 2. The van der Waals surface area contributed by atoms with Crippen LogP contribution in [0.2, 0.25) is 0 Å². The summed E-state index contributed by atoms with van der Waals surface area (Å²) in [5.41, 5.74) is 0. The van der Waals surface area contributed by atoms with Gasteiger partial charge in [-0.15, -0.1) is 0 Å². The largest absolute Gasteiger partial charge is 0.372 e. The Kier molecular flexibility index (Phi) is 4.48. The van der Waals surface area contributed by atoms with Gasteiger partial charge in [-0.25, -0.2) is 4.98 Å². The molecule has 0 aromatic carbocycles. The quantitative estimate of drug-likeness (QED) is 0.843. The molecule has 0 bridgehead atoms. The molecule has 1 aliphatic carbocycles. The number of hydrogen-bond acceptors (Lipinski definition) is 5. The Morgan fingerprint density at radius 1 is 1.35 bits per heavy atom. The minimum Gasteiger partial charge on any atom is -0.372 e.